The first-order valence-corrected chi connectivity index (χ1v) is 12.1. The summed E-state index contributed by atoms with van der Waals surface area (Å²) >= 11 is 0. The molecule has 0 rings (SSSR count). The monoisotopic (exact) mass is 464 g/mol. The number of esters is 2. The molecule has 0 aromatic heterocycles. The fraction of sp³-hybridized carbons (Fsp3) is 0.900. The molecule has 0 aliphatic heterocycles. The standard InChI is InChI=1S/C20H38O7S.Ca.2H/c1-3-5-7-9-11-13-15-26-19(21)17-18(28(23,24)25)20(22)27-16-14-12-10-8-6-4-2;;;/h18H,3-17H2,1-2H3,(H,23,24,25);;;. The van der Waals surface area contributed by atoms with E-state index in [1.165, 1.54) is 6.42 Å². The van der Waals surface area contributed by atoms with E-state index in [0.29, 0.717) is 12.8 Å². The summed E-state index contributed by atoms with van der Waals surface area (Å²) in [6.45, 7) is 4.50. The number of carbonyl (C=O) groups excluding carboxylic acids is 2. The number of rotatable bonds is 18. The Kier molecular flexibility index (Phi) is 21.6. The van der Waals surface area contributed by atoms with Crippen LogP contribution in [0.15, 0.2) is 0 Å². The van der Waals surface area contributed by atoms with Gasteiger partial charge in [-0.3, -0.25) is 14.1 Å². The van der Waals surface area contributed by atoms with Gasteiger partial charge in [-0.15, -0.1) is 0 Å². The third-order valence-corrected chi connectivity index (χ3v) is 5.56. The molecule has 0 heterocycles. The molecule has 0 spiro atoms. The van der Waals surface area contributed by atoms with Crippen molar-refractivity contribution in [2.45, 2.75) is 103 Å². The van der Waals surface area contributed by atoms with E-state index < -0.39 is 33.7 Å². The number of hydrogen-bond acceptors (Lipinski definition) is 6. The zero-order valence-electron chi connectivity index (χ0n) is 17.5. The molecule has 0 amide bonds. The van der Waals surface area contributed by atoms with Gasteiger partial charge in [-0.2, -0.15) is 8.42 Å². The van der Waals surface area contributed by atoms with Crippen LogP contribution in [0, 0.1) is 0 Å². The number of hydrogen-bond donors (Lipinski definition) is 1. The zero-order chi connectivity index (χ0) is 21.3. The van der Waals surface area contributed by atoms with E-state index in [4.69, 9.17) is 9.47 Å². The molecule has 0 aliphatic carbocycles. The van der Waals surface area contributed by atoms with Crippen molar-refractivity contribution < 1.29 is 32.0 Å². The van der Waals surface area contributed by atoms with Crippen LogP contribution in [0.4, 0.5) is 0 Å². The summed E-state index contributed by atoms with van der Waals surface area (Å²) in [5, 5.41) is -1.93. The first kappa shape index (κ1) is 31.3. The Morgan fingerprint density at radius 2 is 1.17 bits per heavy atom. The van der Waals surface area contributed by atoms with Gasteiger partial charge in [0.2, 0.25) is 0 Å². The number of carbonyl (C=O) groups is 2. The molecule has 0 fully saturated rings. The van der Waals surface area contributed by atoms with Crippen molar-refractivity contribution in [2.75, 3.05) is 13.2 Å². The quantitative estimate of drug-likeness (QED) is 0.143. The van der Waals surface area contributed by atoms with Crippen LogP contribution in [0.3, 0.4) is 0 Å². The minimum absolute atomic E-state index is 0. The van der Waals surface area contributed by atoms with Gasteiger partial charge < -0.3 is 9.47 Å². The Bertz CT molecular complexity index is 523. The Morgan fingerprint density at radius 3 is 1.62 bits per heavy atom. The molecule has 0 saturated heterocycles. The molecule has 1 N–H and O–H groups in total. The van der Waals surface area contributed by atoms with Crippen LogP contribution in [0.25, 0.3) is 0 Å². The molecule has 0 aromatic carbocycles. The average molecular weight is 465 g/mol. The molecule has 9 heteroatoms. The average Bonchev–Trinajstić information content (AvgIpc) is 2.63. The van der Waals surface area contributed by atoms with Gasteiger partial charge in [0.1, 0.15) is 0 Å². The van der Waals surface area contributed by atoms with E-state index in [1.54, 1.807) is 0 Å². The van der Waals surface area contributed by atoms with Crippen molar-refractivity contribution in [2.24, 2.45) is 0 Å². The molecule has 1 unspecified atom stereocenters. The molecule has 0 radical (unpaired) electrons. The summed E-state index contributed by atoms with van der Waals surface area (Å²) in [5.41, 5.74) is 0. The van der Waals surface area contributed by atoms with Crippen LogP contribution in [0.1, 0.15) is 97.3 Å². The van der Waals surface area contributed by atoms with Gasteiger partial charge in [-0.25, -0.2) is 0 Å². The van der Waals surface area contributed by atoms with Crippen LogP contribution < -0.4 is 0 Å². The van der Waals surface area contributed by atoms with Gasteiger partial charge in [0.15, 0.2) is 5.25 Å². The first-order valence-electron chi connectivity index (χ1n) is 10.6. The summed E-state index contributed by atoms with van der Waals surface area (Å²) in [7, 11) is -4.73. The minimum atomic E-state index is -4.73. The zero-order valence-corrected chi connectivity index (χ0v) is 18.3. The van der Waals surface area contributed by atoms with E-state index in [9.17, 15) is 22.6 Å². The van der Waals surface area contributed by atoms with Gasteiger partial charge in [-0.05, 0) is 12.8 Å². The summed E-state index contributed by atoms with van der Waals surface area (Å²) in [6, 6.07) is 0. The van der Waals surface area contributed by atoms with Crippen molar-refractivity contribution in [3.63, 3.8) is 0 Å². The van der Waals surface area contributed by atoms with Crippen LogP contribution in [0.5, 0.6) is 0 Å². The maximum absolute atomic E-state index is 12.0. The van der Waals surface area contributed by atoms with Crippen LogP contribution in [0.2, 0.25) is 0 Å². The van der Waals surface area contributed by atoms with Crippen LogP contribution in [-0.4, -0.2) is 81.1 Å². The molecular weight excluding hydrogens is 424 g/mol. The van der Waals surface area contributed by atoms with Gasteiger partial charge in [0.05, 0.1) is 19.6 Å². The van der Waals surface area contributed by atoms with Crippen molar-refractivity contribution in [1.82, 2.24) is 0 Å². The Morgan fingerprint density at radius 1 is 0.759 bits per heavy atom. The Balaban J connectivity index is 0. The second-order valence-corrected chi connectivity index (χ2v) is 8.73. The molecule has 0 bridgehead atoms. The van der Waals surface area contributed by atoms with Gasteiger partial charge in [0.25, 0.3) is 10.1 Å². The Labute approximate surface area is 206 Å². The van der Waals surface area contributed by atoms with Crippen molar-refractivity contribution >= 4 is 59.8 Å². The third-order valence-electron chi connectivity index (χ3n) is 4.48. The SMILES string of the molecule is CCCCCCCCOC(=O)CC(C(=O)OCCCCCCCC)S(=O)(=O)O.[CaH2]. The molecule has 7 nitrogen and oxygen atoms in total. The van der Waals surface area contributed by atoms with Crippen LogP contribution in [-0.2, 0) is 29.2 Å². The Hall–Kier alpha value is 0.110. The van der Waals surface area contributed by atoms with E-state index in [1.807, 2.05) is 0 Å². The van der Waals surface area contributed by atoms with Crippen LogP contribution >= 0.6 is 0 Å². The second kappa shape index (κ2) is 20.0. The number of unbranched alkanes of at least 4 members (excludes halogenated alkanes) is 10. The molecule has 0 aliphatic rings. The fourth-order valence-corrected chi connectivity index (χ4v) is 3.39. The second-order valence-electron chi connectivity index (χ2n) is 7.13. The van der Waals surface area contributed by atoms with Crippen molar-refractivity contribution in [3.8, 4) is 0 Å². The predicted octanol–water partition coefficient (Wildman–Crippen LogP) is 3.52. The van der Waals surface area contributed by atoms with Gasteiger partial charge in [-0.1, -0.05) is 78.1 Å². The van der Waals surface area contributed by atoms with E-state index in [-0.39, 0.29) is 51.0 Å². The summed E-state index contributed by atoms with van der Waals surface area (Å²) in [4.78, 5) is 23.8. The topological polar surface area (TPSA) is 107 Å². The van der Waals surface area contributed by atoms with E-state index in [2.05, 4.69) is 13.8 Å². The number of ether oxygens (including phenoxy) is 2. The van der Waals surface area contributed by atoms with E-state index >= 15 is 0 Å². The maximum atomic E-state index is 12.0. The van der Waals surface area contributed by atoms with Crippen molar-refractivity contribution in [3.05, 3.63) is 0 Å². The van der Waals surface area contributed by atoms with Crippen molar-refractivity contribution in [1.29, 1.82) is 0 Å². The summed E-state index contributed by atoms with van der Waals surface area (Å²) < 4.78 is 42.0. The first-order chi connectivity index (χ1) is 13.3. The third kappa shape index (κ3) is 18.6. The van der Waals surface area contributed by atoms with E-state index in [0.717, 1.165) is 57.8 Å². The molecule has 0 saturated carbocycles. The molecular formula is C20H40CaO7S. The fourth-order valence-electron chi connectivity index (χ4n) is 2.74. The molecule has 29 heavy (non-hydrogen) atoms. The molecule has 170 valence electrons. The molecule has 0 aromatic rings. The summed E-state index contributed by atoms with van der Waals surface area (Å²) in [6.07, 6.45) is 11.3. The predicted molar refractivity (Wildman–Crippen MR) is 117 cm³/mol. The van der Waals surface area contributed by atoms with Gasteiger partial charge >= 0.3 is 49.7 Å². The molecule has 1 atom stereocenters. The normalized spacial score (nSPS) is 12.1. The summed E-state index contributed by atoms with van der Waals surface area (Å²) in [5.74, 6) is -1.93. The van der Waals surface area contributed by atoms with Gasteiger partial charge in [0, 0.05) is 0 Å².